The third-order valence-corrected chi connectivity index (χ3v) is 6.95. The number of amides is 2. The lowest BCUT2D eigenvalue weighted by Gasteiger charge is -2.44. The number of nitrogens with one attached hydrogen (secondary N) is 1. The zero-order valence-electron chi connectivity index (χ0n) is 22.8. The van der Waals surface area contributed by atoms with E-state index < -0.39 is 47.7 Å². The molecule has 0 bridgehead atoms. The lowest BCUT2D eigenvalue weighted by atomic mass is 9.94. The molecule has 3 N–H and O–H groups in total. The van der Waals surface area contributed by atoms with E-state index in [1.807, 2.05) is 0 Å². The maximum atomic E-state index is 13.7. The van der Waals surface area contributed by atoms with Crippen molar-refractivity contribution in [2.24, 2.45) is 18.7 Å². The Kier molecular flexibility index (Phi) is 8.78. The number of hydrogen-bond donors (Lipinski definition) is 2. The van der Waals surface area contributed by atoms with Crippen molar-refractivity contribution in [3.8, 4) is 18.4 Å². The first-order valence-electron chi connectivity index (χ1n) is 12.3. The fraction of sp³-hybridized carbons (Fsp3) is 0.393. The average Bonchev–Trinajstić information content (AvgIpc) is 3.12. The van der Waals surface area contributed by atoms with Crippen molar-refractivity contribution in [3.05, 3.63) is 52.1 Å². The molecule has 0 saturated carbocycles. The van der Waals surface area contributed by atoms with Gasteiger partial charge in [-0.2, -0.15) is 5.26 Å². The van der Waals surface area contributed by atoms with E-state index in [-0.39, 0.29) is 47.2 Å². The molecule has 0 radical (unpaired) electrons. The van der Waals surface area contributed by atoms with Crippen molar-refractivity contribution in [1.82, 2.24) is 9.47 Å². The number of Topliss-reactive ketones (excluding diaryl/α,β-unsaturated/α-hetero) is 1. The third kappa shape index (κ3) is 5.45. The van der Waals surface area contributed by atoms with Gasteiger partial charge < -0.3 is 25.1 Å². The van der Waals surface area contributed by atoms with Gasteiger partial charge in [0.15, 0.2) is 12.3 Å². The van der Waals surface area contributed by atoms with Gasteiger partial charge >= 0.3 is 5.97 Å². The molecule has 1 unspecified atom stereocenters. The Balaban J connectivity index is 1.93. The number of esters is 1. The lowest BCUT2D eigenvalue weighted by molar-refractivity contribution is -0.173. The number of nitrogens with two attached hydrogens (primary N) is 1. The molecule has 0 spiro atoms. The second kappa shape index (κ2) is 11.7. The molecule has 2 heterocycles. The summed E-state index contributed by atoms with van der Waals surface area (Å²) in [4.78, 5) is 53.7. The van der Waals surface area contributed by atoms with Crippen LogP contribution in [0, 0.1) is 49.3 Å². The number of nitriles is 1. The summed E-state index contributed by atoms with van der Waals surface area (Å²) in [6.07, 6.45) is 5.69. The molecule has 1 aliphatic heterocycles. The summed E-state index contributed by atoms with van der Waals surface area (Å²) < 4.78 is 25.6. The topological polar surface area (TPSA) is 157 Å². The molecule has 12 heteroatoms. The zero-order valence-corrected chi connectivity index (χ0v) is 22.8. The molecule has 1 fully saturated rings. The van der Waals surface area contributed by atoms with Gasteiger partial charge in [0.1, 0.15) is 23.6 Å². The second-order valence-electron chi connectivity index (χ2n) is 9.85. The first kappa shape index (κ1) is 30.0. The Morgan fingerprint density at radius 1 is 1.30 bits per heavy atom. The number of ketones is 1. The van der Waals surface area contributed by atoms with Crippen LogP contribution >= 0.6 is 0 Å². The molecular weight excluding hydrogens is 521 g/mol. The predicted molar refractivity (Wildman–Crippen MR) is 141 cm³/mol. The summed E-state index contributed by atoms with van der Waals surface area (Å²) in [5, 5.41) is 11.6. The molecule has 210 valence electrons. The average molecular weight is 552 g/mol. The van der Waals surface area contributed by atoms with E-state index in [9.17, 15) is 23.6 Å². The number of carbonyl (C=O) groups is 4. The van der Waals surface area contributed by atoms with Crippen LogP contribution in [0.15, 0.2) is 18.2 Å². The molecule has 1 aliphatic rings. The second-order valence-corrected chi connectivity index (χ2v) is 9.85. The molecule has 1 atom stereocenters. The molecular formula is C28H30FN5O6. The van der Waals surface area contributed by atoms with E-state index >= 15 is 0 Å². The van der Waals surface area contributed by atoms with Crippen molar-refractivity contribution in [1.29, 1.82) is 5.26 Å². The van der Waals surface area contributed by atoms with Crippen molar-refractivity contribution in [3.63, 3.8) is 0 Å². The molecule has 11 nitrogen and oxygen atoms in total. The highest BCUT2D eigenvalue weighted by Gasteiger charge is 2.48. The highest BCUT2D eigenvalue weighted by Crippen LogP contribution is 2.28. The van der Waals surface area contributed by atoms with Crippen molar-refractivity contribution in [2.75, 3.05) is 25.3 Å². The van der Waals surface area contributed by atoms with Crippen LogP contribution < -0.4 is 11.1 Å². The van der Waals surface area contributed by atoms with Crippen LogP contribution in [0.25, 0.3) is 0 Å². The Morgan fingerprint density at radius 2 is 1.95 bits per heavy atom. The Labute approximate surface area is 231 Å². The van der Waals surface area contributed by atoms with Crippen LogP contribution in [0.2, 0.25) is 0 Å². The number of terminal acetylenes is 1. The van der Waals surface area contributed by atoms with Crippen molar-refractivity contribution in [2.45, 2.75) is 39.3 Å². The van der Waals surface area contributed by atoms with Gasteiger partial charge in [0.25, 0.3) is 17.6 Å². The minimum atomic E-state index is -1.31. The van der Waals surface area contributed by atoms with Gasteiger partial charge in [-0.15, -0.1) is 6.42 Å². The van der Waals surface area contributed by atoms with Crippen LogP contribution in [0.3, 0.4) is 0 Å². The number of hydrogen-bond acceptors (Lipinski definition) is 8. The van der Waals surface area contributed by atoms with E-state index in [2.05, 4.69) is 11.2 Å². The number of rotatable bonds is 9. The number of ether oxygens (including phenoxy) is 2. The Bertz CT molecular complexity index is 1460. The molecule has 2 amide bonds. The van der Waals surface area contributed by atoms with Gasteiger partial charge in [-0.3, -0.25) is 24.1 Å². The van der Waals surface area contributed by atoms with Crippen LogP contribution in [0.5, 0.6) is 0 Å². The summed E-state index contributed by atoms with van der Waals surface area (Å²) in [6.45, 7) is 5.76. The number of benzene rings is 1. The fourth-order valence-electron chi connectivity index (χ4n) is 4.23. The van der Waals surface area contributed by atoms with Crippen molar-refractivity contribution < 1.29 is 33.0 Å². The maximum absolute atomic E-state index is 13.7. The minimum absolute atomic E-state index is 0.0305. The normalized spacial score (nSPS) is 14.3. The van der Waals surface area contributed by atoms with E-state index in [0.29, 0.717) is 5.69 Å². The van der Waals surface area contributed by atoms with Gasteiger partial charge in [-0.05, 0) is 43.5 Å². The molecule has 1 saturated heterocycles. The largest absolute Gasteiger partial charge is 0.443 e. The number of carbonyl (C=O) groups excluding carboxylic acids is 4. The smallest absolute Gasteiger partial charge is 0.324 e. The summed E-state index contributed by atoms with van der Waals surface area (Å²) in [6, 6.07) is 4.27. The van der Waals surface area contributed by atoms with E-state index in [1.165, 1.54) is 23.6 Å². The number of halogens is 1. The van der Waals surface area contributed by atoms with Gasteiger partial charge in [0.05, 0.1) is 24.3 Å². The van der Waals surface area contributed by atoms with Gasteiger partial charge in [-0.1, -0.05) is 19.8 Å². The minimum Gasteiger partial charge on any atom is -0.443 e. The maximum Gasteiger partial charge on any atom is 0.324 e. The highest BCUT2D eigenvalue weighted by molar-refractivity contribution is 6.43. The first-order valence-corrected chi connectivity index (χ1v) is 12.3. The number of nitrogens with zero attached hydrogens (tertiary/aromatic N) is 3. The van der Waals surface area contributed by atoms with E-state index in [4.69, 9.17) is 26.9 Å². The van der Waals surface area contributed by atoms with Crippen LogP contribution in [-0.2, 0) is 26.1 Å². The first-order chi connectivity index (χ1) is 18.8. The van der Waals surface area contributed by atoms with Gasteiger partial charge in [0.2, 0.25) is 0 Å². The van der Waals surface area contributed by atoms with Gasteiger partial charge in [-0.25, -0.2) is 4.39 Å². The van der Waals surface area contributed by atoms with Crippen LogP contribution in [0.1, 0.15) is 51.5 Å². The third-order valence-electron chi connectivity index (χ3n) is 6.95. The molecule has 3 rings (SSSR count). The fourth-order valence-corrected chi connectivity index (χ4v) is 4.23. The Hall–Kier alpha value is -4.52. The molecule has 1 aromatic carbocycles. The lowest BCUT2D eigenvalue weighted by Crippen LogP contribution is -2.65. The van der Waals surface area contributed by atoms with Gasteiger partial charge in [0, 0.05) is 18.4 Å². The quantitative estimate of drug-likeness (QED) is 0.157. The summed E-state index contributed by atoms with van der Waals surface area (Å²) in [5.41, 5.74) is 5.00. The summed E-state index contributed by atoms with van der Waals surface area (Å²) >= 11 is 0. The van der Waals surface area contributed by atoms with Crippen LogP contribution in [-0.4, -0.2) is 64.6 Å². The Morgan fingerprint density at radius 3 is 2.48 bits per heavy atom. The highest BCUT2D eigenvalue weighted by atomic mass is 19.1. The van der Waals surface area contributed by atoms with Crippen LogP contribution in [0.4, 0.5) is 10.1 Å². The standard InChI is InChI=1S/C28H30FN5O6/c1-7-28(12-39-13-28)34(14-40-27(38)22(31)15(2)3)26(37)24(35)21-16(4)23(33(6)17(21)5)25(36)32-19-8-9-20(29)18(10-19)11-30/h1,8-10,15,22H,12-14,31H2,2-6H3,(H,32,36). The zero-order chi connectivity index (χ0) is 29.9. The number of aromatic nitrogens is 1. The molecule has 40 heavy (non-hydrogen) atoms. The monoisotopic (exact) mass is 551 g/mol. The summed E-state index contributed by atoms with van der Waals surface area (Å²) in [7, 11) is 1.54. The van der Waals surface area contributed by atoms with Crippen molar-refractivity contribution >= 4 is 29.3 Å². The summed E-state index contributed by atoms with van der Waals surface area (Å²) in [5.74, 6) is -1.92. The predicted octanol–water partition coefficient (Wildman–Crippen LogP) is 1.80. The van der Waals surface area contributed by atoms with E-state index in [0.717, 1.165) is 11.0 Å². The molecule has 2 aromatic rings. The van der Waals surface area contributed by atoms with E-state index in [1.54, 1.807) is 33.9 Å². The SMILES string of the molecule is C#CC1(N(COC(=O)C(N)C(C)C)C(=O)C(=O)c2c(C)c(C(=O)Nc3ccc(F)c(C#N)c3)n(C)c2C)COC1. The molecule has 1 aromatic heterocycles. The number of anilines is 1. The molecule has 0 aliphatic carbocycles.